The van der Waals surface area contributed by atoms with Gasteiger partial charge in [0.15, 0.2) is 0 Å². The molecule has 1 aliphatic rings. The lowest BCUT2D eigenvalue weighted by atomic mass is 9.90. The van der Waals surface area contributed by atoms with Gasteiger partial charge < -0.3 is 5.32 Å². The Hall–Kier alpha value is -0.860. The highest BCUT2D eigenvalue weighted by Gasteiger charge is 2.21. The third kappa shape index (κ3) is 3.33. The Labute approximate surface area is 96.5 Å². The Bertz CT molecular complexity index is 313. The van der Waals surface area contributed by atoms with E-state index in [4.69, 9.17) is 0 Å². The Morgan fingerprint density at radius 3 is 2.67 bits per heavy atom. The summed E-state index contributed by atoms with van der Waals surface area (Å²) in [6.07, 6.45) is 1.88. The van der Waals surface area contributed by atoms with E-state index in [9.17, 15) is 4.79 Å². The second-order valence-electron chi connectivity index (χ2n) is 3.82. The molecule has 1 saturated heterocycles. The van der Waals surface area contributed by atoms with Crippen LogP contribution >= 0.6 is 12.4 Å². The van der Waals surface area contributed by atoms with E-state index in [0.29, 0.717) is 12.3 Å². The quantitative estimate of drug-likeness (QED) is 0.832. The molecule has 0 spiro atoms. The highest BCUT2D eigenvalue weighted by Crippen LogP contribution is 2.15. The molecule has 1 N–H and O–H groups in total. The minimum Gasteiger partial charge on any atom is -0.310 e. The van der Waals surface area contributed by atoms with Gasteiger partial charge in [0.1, 0.15) is 5.78 Å². The number of nitrogens with one attached hydrogen (secondary N) is 1. The summed E-state index contributed by atoms with van der Waals surface area (Å²) in [5, 5.41) is 3.10. The van der Waals surface area contributed by atoms with Gasteiger partial charge in [0.2, 0.25) is 0 Å². The number of carbonyl (C=O) groups excluding carboxylic acids is 1. The molecule has 0 aliphatic carbocycles. The molecule has 15 heavy (non-hydrogen) atoms. The molecular weight excluding hydrogens is 210 g/mol. The number of carbonyl (C=O) groups is 1. The number of piperidine rings is 1. The van der Waals surface area contributed by atoms with E-state index in [-0.39, 0.29) is 18.3 Å². The first-order valence-corrected chi connectivity index (χ1v) is 5.13. The van der Waals surface area contributed by atoms with Gasteiger partial charge in [-0.25, -0.2) is 0 Å². The van der Waals surface area contributed by atoms with Crippen LogP contribution in [0.1, 0.15) is 12.0 Å². The van der Waals surface area contributed by atoms with Gasteiger partial charge in [-0.05, 0) is 24.9 Å². The summed E-state index contributed by atoms with van der Waals surface area (Å²) >= 11 is 0. The zero-order valence-corrected chi connectivity index (χ0v) is 9.43. The molecule has 1 atom stereocenters. The van der Waals surface area contributed by atoms with Gasteiger partial charge in [0.05, 0.1) is 6.54 Å². The minimum absolute atomic E-state index is 0. The van der Waals surface area contributed by atoms with Gasteiger partial charge in [-0.2, -0.15) is 0 Å². The van der Waals surface area contributed by atoms with Crippen molar-refractivity contribution in [2.45, 2.75) is 12.8 Å². The topological polar surface area (TPSA) is 29.1 Å². The third-order valence-electron chi connectivity index (χ3n) is 2.75. The minimum atomic E-state index is 0. The first-order valence-electron chi connectivity index (χ1n) is 5.13. The van der Waals surface area contributed by atoms with Crippen LogP contribution in [0, 0.1) is 5.92 Å². The van der Waals surface area contributed by atoms with Gasteiger partial charge >= 0.3 is 0 Å². The number of hydrogen-bond donors (Lipinski definition) is 1. The summed E-state index contributed by atoms with van der Waals surface area (Å²) in [6, 6.07) is 10.3. The number of rotatable bonds is 2. The van der Waals surface area contributed by atoms with Crippen LogP contribution < -0.4 is 5.32 Å². The SMILES string of the molecule is Cl.O=C1CNCCC1Cc1ccccc1. The van der Waals surface area contributed by atoms with Gasteiger partial charge in [-0.3, -0.25) is 4.79 Å². The maximum atomic E-state index is 11.5. The molecule has 82 valence electrons. The molecule has 0 aromatic heterocycles. The maximum Gasteiger partial charge on any atom is 0.150 e. The number of halogens is 1. The van der Waals surface area contributed by atoms with Crippen molar-refractivity contribution in [3.8, 4) is 0 Å². The molecule has 0 saturated carbocycles. The van der Waals surface area contributed by atoms with Crippen LogP contribution in [0.3, 0.4) is 0 Å². The number of benzene rings is 1. The lowest BCUT2D eigenvalue weighted by Crippen LogP contribution is -2.37. The normalized spacial score (nSPS) is 20.8. The van der Waals surface area contributed by atoms with Gasteiger partial charge in [0.25, 0.3) is 0 Å². The van der Waals surface area contributed by atoms with E-state index in [0.717, 1.165) is 19.4 Å². The van der Waals surface area contributed by atoms with E-state index in [2.05, 4.69) is 17.4 Å². The summed E-state index contributed by atoms with van der Waals surface area (Å²) in [5.74, 6) is 0.596. The molecule has 0 bridgehead atoms. The fourth-order valence-corrected chi connectivity index (χ4v) is 1.91. The fraction of sp³-hybridized carbons (Fsp3) is 0.417. The zero-order chi connectivity index (χ0) is 9.80. The van der Waals surface area contributed by atoms with E-state index in [1.165, 1.54) is 5.56 Å². The molecule has 3 heteroatoms. The molecule has 0 amide bonds. The predicted octanol–water partition coefficient (Wildman–Crippen LogP) is 1.83. The highest BCUT2D eigenvalue weighted by atomic mass is 35.5. The Kier molecular flexibility index (Phi) is 4.79. The molecule has 1 aromatic rings. The largest absolute Gasteiger partial charge is 0.310 e. The molecule has 0 radical (unpaired) electrons. The van der Waals surface area contributed by atoms with Crippen LogP contribution in [-0.4, -0.2) is 18.9 Å². The van der Waals surface area contributed by atoms with Crippen molar-refractivity contribution in [1.82, 2.24) is 5.32 Å². The maximum absolute atomic E-state index is 11.5. The Morgan fingerprint density at radius 1 is 1.27 bits per heavy atom. The van der Waals surface area contributed by atoms with Gasteiger partial charge in [-0.1, -0.05) is 30.3 Å². The molecule has 1 aliphatic heterocycles. The van der Waals surface area contributed by atoms with Crippen molar-refractivity contribution in [1.29, 1.82) is 0 Å². The van der Waals surface area contributed by atoms with E-state index in [1.807, 2.05) is 18.2 Å². The van der Waals surface area contributed by atoms with Crippen LogP contribution in [0.15, 0.2) is 30.3 Å². The van der Waals surface area contributed by atoms with Gasteiger partial charge in [-0.15, -0.1) is 12.4 Å². The second kappa shape index (κ2) is 5.89. The summed E-state index contributed by atoms with van der Waals surface area (Å²) in [6.45, 7) is 1.53. The third-order valence-corrected chi connectivity index (χ3v) is 2.75. The molecule has 1 heterocycles. The van der Waals surface area contributed by atoms with Crippen molar-refractivity contribution >= 4 is 18.2 Å². The van der Waals surface area contributed by atoms with Crippen LogP contribution in [0.2, 0.25) is 0 Å². The van der Waals surface area contributed by atoms with E-state index < -0.39 is 0 Å². The van der Waals surface area contributed by atoms with Crippen LogP contribution in [0.4, 0.5) is 0 Å². The first kappa shape index (κ1) is 12.2. The summed E-state index contributed by atoms with van der Waals surface area (Å²) in [7, 11) is 0. The zero-order valence-electron chi connectivity index (χ0n) is 8.61. The Morgan fingerprint density at radius 2 is 2.00 bits per heavy atom. The van der Waals surface area contributed by atoms with Crippen LogP contribution in [-0.2, 0) is 11.2 Å². The second-order valence-corrected chi connectivity index (χ2v) is 3.82. The lowest BCUT2D eigenvalue weighted by Gasteiger charge is -2.21. The van der Waals surface area contributed by atoms with Gasteiger partial charge in [0, 0.05) is 5.92 Å². The predicted molar refractivity (Wildman–Crippen MR) is 63.4 cm³/mol. The monoisotopic (exact) mass is 225 g/mol. The van der Waals surface area contributed by atoms with E-state index >= 15 is 0 Å². The van der Waals surface area contributed by atoms with Crippen molar-refractivity contribution in [3.63, 3.8) is 0 Å². The molecule has 2 rings (SSSR count). The number of Topliss-reactive ketones (excluding diaryl/α,β-unsaturated/α-hetero) is 1. The standard InChI is InChI=1S/C12H15NO.ClH/c14-12-9-13-7-6-11(12)8-10-4-2-1-3-5-10;/h1-5,11,13H,6-9H2;1H. The average Bonchev–Trinajstić information content (AvgIpc) is 2.23. The molecule has 1 fully saturated rings. The summed E-state index contributed by atoms with van der Waals surface area (Å²) in [5.41, 5.74) is 1.27. The van der Waals surface area contributed by atoms with Crippen molar-refractivity contribution in [2.75, 3.05) is 13.1 Å². The molecule has 2 nitrogen and oxygen atoms in total. The van der Waals surface area contributed by atoms with E-state index in [1.54, 1.807) is 0 Å². The number of ketones is 1. The van der Waals surface area contributed by atoms with Crippen LogP contribution in [0.5, 0.6) is 0 Å². The van der Waals surface area contributed by atoms with Crippen molar-refractivity contribution in [2.24, 2.45) is 5.92 Å². The summed E-state index contributed by atoms with van der Waals surface area (Å²) < 4.78 is 0. The Balaban J connectivity index is 0.00000112. The summed E-state index contributed by atoms with van der Waals surface area (Å²) in [4.78, 5) is 11.5. The first-order chi connectivity index (χ1) is 6.86. The van der Waals surface area contributed by atoms with Crippen molar-refractivity contribution in [3.05, 3.63) is 35.9 Å². The van der Waals surface area contributed by atoms with Crippen molar-refractivity contribution < 1.29 is 4.79 Å². The van der Waals surface area contributed by atoms with Crippen LogP contribution in [0.25, 0.3) is 0 Å². The number of hydrogen-bond acceptors (Lipinski definition) is 2. The molecular formula is C12H16ClNO. The fourth-order valence-electron chi connectivity index (χ4n) is 1.91. The molecule has 1 aromatic carbocycles. The lowest BCUT2D eigenvalue weighted by molar-refractivity contribution is -0.123. The molecule has 1 unspecified atom stereocenters. The highest BCUT2D eigenvalue weighted by molar-refractivity contribution is 5.85. The smallest absolute Gasteiger partial charge is 0.150 e. The average molecular weight is 226 g/mol.